The zero-order valence-electron chi connectivity index (χ0n) is 14.1. The molecule has 0 saturated heterocycles. The minimum atomic E-state index is -0.406. The second-order valence-electron chi connectivity index (χ2n) is 4.90. The molecule has 2 aromatic rings. The van der Waals surface area contributed by atoms with Crippen molar-refractivity contribution < 1.29 is 13.9 Å². The maximum absolute atomic E-state index is 11.6. The SMILES string of the molecule is CN=C(NCc1cc(C(=O)OC)c(C)o1)NCc1ccnn1C.I. The molecule has 0 aliphatic carbocycles. The number of hydrogen-bond acceptors (Lipinski definition) is 5. The molecule has 0 atom stereocenters. The Labute approximate surface area is 157 Å². The van der Waals surface area contributed by atoms with Gasteiger partial charge in [0.05, 0.1) is 25.9 Å². The molecule has 8 nitrogen and oxygen atoms in total. The van der Waals surface area contributed by atoms with E-state index < -0.39 is 5.97 Å². The van der Waals surface area contributed by atoms with Gasteiger partial charge in [0.1, 0.15) is 17.1 Å². The summed E-state index contributed by atoms with van der Waals surface area (Å²) in [6, 6.07) is 3.60. The van der Waals surface area contributed by atoms with Gasteiger partial charge in [-0.3, -0.25) is 9.67 Å². The molecule has 0 aliphatic heterocycles. The molecule has 0 radical (unpaired) electrons. The lowest BCUT2D eigenvalue weighted by Crippen LogP contribution is -2.36. The molecule has 0 aliphatic rings. The van der Waals surface area contributed by atoms with E-state index in [2.05, 4.69) is 20.7 Å². The average Bonchev–Trinajstić information content (AvgIpc) is 3.12. The Balaban J connectivity index is 0.00000288. The van der Waals surface area contributed by atoms with Crippen LogP contribution in [-0.4, -0.2) is 35.9 Å². The number of furan rings is 1. The number of aliphatic imine (C=N–C) groups is 1. The molecule has 0 fully saturated rings. The van der Waals surface area contributed by atoms with E-state index in [0.29, 0.717) is 36.1 Å². The van der Waals surface area contributed by atoms with Gasteiger partial charge >= 0.3 is 5.97 Å². The van der Waals surface area contributed by atoms with Crippen LogP contribution in [-0.2, 0) is 24.9 Å². The number of halogens is 1. The van der Waals surface area contributed by atoms with E-state index in [9.17, 15) is 4.79 Å². The first-order valence-corrected chi connectivity index (χ1v) is 7.14. The molecular formula is C15H22IN5O3. The van der Waals surface area contributed by atoms with Crippen molar-refractivity contribution in [2.24, 2.45) is 12.0 Å². The Kier molecular flexibility index (Phi) is 7.75. The first-order valence-electron chi connectivity index (χ1n) is 7.14. The smallest absolute Gasteiger partial charge is 0.341 e. The van der Waals surface area contributed by atoms with Gasteiger partial charge in [0.25, 0.3) is 0 Å². The summed E-state index contributed by atoms with van der Waals surface area (Å²) in [5, 5.41) is 10.4. The highest BCUT2D eigenvalue weighted by Gasteiger charge is 2.15. The van der Waals surface area contributed by atoms with Gasteiger partial charge in [0.2, 0.25) is 0 Å². The Bertz CT molecular complexity index is 708. The van der Waals surface area contributed by atoms with E-state index >= 15 is 0 Å². The molecule has 24 heavy (non-hydrogen) atoms. The van der Waals surface area contributed by atoms with Crippen molar-refractivity contribution in [2.75, 3.05) is 14.2 Å². The molecule has 2 N–H and O–H groups in total. The third-order valence-electron chi connectivity index (χ3n) is 3.39. The third-order valence-corrected chi connectivity index (χ3v) is 3.39. The predicted molar refractivity (Wildman–Crippen MR) is 100 cm³/mol. The topological polar surface area (TPSA) is 93.7 Å². The van der Waals surface area contributed by atoms with Crippen molar-refractivity contribution in [3.05, 3.63) is 41.1 Å². The monoisotopic (exact) mass is 447 g/mol. The number of aryl methyl sites for hydroxylation is 2. The fourth-order valence-corrected chi connectivity index (χ4v) is 2.08. The molecule has 9 heteroatoms. The van der Waals surface area contributed by atoms with Crippen LogP contribution in [0.3, 0.4) is 0 Å². The van der Waals surface area contributed by atoms with Crippen molar-refractivity contribution in [1.29, 1.82) is 0 Å². The van der Waals surface area contributed by atoms with Crippen molar-refractivity contribution >= 4 is 35.9 Å². The maximum atomic E-state index is 11.6. The Hall–Kier alpha value is -2.04. The summed E-state index contributed by atoms with van der Waals surface area (Å²) < 4.78 is 12.0. The van der Waals surface area contributed by atoms with Crippen LogP contribution in [0, 0.1) is 6.92 Å². The van der Waals surface area contributed by atoms with E-state index in [0.717, 1.165) is 5.69 Å². The number of methoxy groups -OCH3 is 1. The number of carbonyl (C=O) groups is 1. The lowest BCUT2D eigenvalue weighted by molar-refractivity contribution is 0.0599. The molecule has 0 aromatic carbocycles. The van der Waals surface area contributed by atoms with Crippen LogP contribution < -0.4 is 10.6 Å². The highest BCUT2D eigenvalue weighted by Crippen LogP contribution is 2.15. The van der Waals surface area contributed by atoms with Gasteiger partial charge in [-0.2, -0.15) is 5.10 Å². The fourth-order valence-electron chi connectivity index (χ4n) is 2.08. The van der Waals surface area contributed by atoms with Crippen LogP contribution in [0.5, 0.6) is 0 Å². The van der Waals surface area contributed by atoms with Gasteiger partial charge in [-0.15, -0.1) is 24.0 Å². The quantitative estimate of drug-likeness (QED) is 0.313. The van der Waals surface area contributed by atoms with Crippen molar-refractivity contribution in [2.45, 2.75) is 20.0 Å². The molecule has 0 unspecified atom stereocenters. The zero-order chi connectivity index (χ0) is 16.8. The lowest BCUT2D eigenvalue weighted by Gasteiger charge is -2.10. The number of esters is 1. The summed E-state index contributed by atoms with van der Waals surface area (Å²) in [6.45, 7) is 2.73. The summed E-state index contributed by atoms with van der Waals surface area (Å²) in [4.78, 5) is 15.7. The molecule has 0 saturated carbocycles. The second kappa shape index (κ2) is 9.30. The number of nitrogens with zero attached hydrogens (tertiary/aromatic N) is 3. The fraction of sp³-hybridized carbons (Fsp3) is 0.400. The number of nitrogens with one attached hydrogen (secondary N) is 2. The maximum Gasteiger partial charge on any atom is 0.341 e. The van der Waals surface area contributed by atoms with Crippen LogP contribution in [0.1, 0.15) is 27.6 Å². The number of aromatic nitrogens is 2. The first kappa shape index (κ1) is 20.0. The molecule has 2 heterocycles. The van der Waals surface area contributed by atoms with Crippen molar-refractivity contribution in [3.63, 3.8) is 0 Å². The van der Waals surface area contributed by atoms with E-state index in [1.165, 1.54) is 7.11 Å². The van der Waals surface area contributed by atoms with Gasteiger partial charge in [-0.25, -0.2) is 4.79 Å². The summed E-state index contributed by atoms with van der Waals surface area (Å²) in [6.07, 6.45) is 1.74. The number of rotatable bonds is 5. The zero-order valence-corrected chi connectivity index (χ0v) is 16.5. The second-order valence-corrected chi connectivity index (χ2v) is 4.90. The summed E-state index contributed by atoms with van der Waals surface area (Å²) >= 11 is 0. The standard InChI is InChI=1S/C15H21N5O3.HI/c1-10-13(14(21)22-4)7-12(23-10)9-18-15(16-2)17-8-11-5-6-19-20(11)3;/h5-7H,8-9H2,1-4H3,(H2,16,17,18);1H. The van der Waals surface area contributed by atoms with E-state index in [1.54, 1.807) is 30.9 Å². The molecule has 2 aromatic heterocycles. The Morgan fingerprint density at radius 2 is 2.12 bits per heavy atom. The largest absolute Gasteiger partial charge is 0.465 e. The summed E-state index contributed by atoms with van der Waals surface area (Å²) in [5.74, 6) is 1.38. The third kappa shape index (κ3) is 4.98. The molecule has 0 bridgehead atoms. The number of ether oxygens (including phenoxy) is 1. The van der Waals surface area contributed by atoms with Crippen LogP contribution in [0.25, 0.3) is 0 Å². The highest BCUT2D eigenvalue weighted by atomic mass is 127. The van der Waals surface area contributed by atoms with Crippen LogP contribution in [0.4, 0.5) is 0 Å². The van der Waals surface area contributed by atoms with Gasteiger partial charge in [0.15, 0.2) is 5.96 Å². The predicted octanol–water partition coefficient (Wildman–Crippen LogP) is 1.59. The van der Waals surface area contributed by atoms with Gasteiger partial charge < -0.3 is 19.8 Å². The Morgan fingerprint density at radius 3 is 2.71 bits per heavy atom. The minimum Gasteiger partial charge on any atom is -0.465 e. The van der Waals surface area contributed by atoms with E-state index in [-0.39, 0.29) is 24.0 Å². The highest BCUT2D eigenvalue weighted by molar-refractivity contribution is 14.0. The van der Waals surface area contributed by atoms with Gasteiger partial charge in [-0.05, 0) is 19.1 Å². The van der Waals surface area contributed by atoms with E-state index in [4.69, 9.17) is 9.15 Å². The van der Waals surface area contributed by atoms with Crippen LogP contribution in [0.2, 0.25) is 0 Å². The molecule has 0 amide bonds. The van der Waals surface area contributed by atoms with E-state index in [1.807, 2.05) is 13.1 Å². The summed E-state index contributed by atoms with van der Waals surface area (Å²) in [7, 11) is 4.91. The number of carbonyl (C=O) groups excluding carboxylic acids is 1. The molecule has 2 rings (SSSR count). The lowest BCUT2D eigenvalue weighted by atomic mass is 10.2. The van der Waals surface area contributed by atoms with Crippen LogP contribution >= 0.6 is 24.0 Å². The molecule has 0 spiro atoms. The normalized spacial score (nSPS) is 10.9. The van der Waals surface area contributed by atoms with Crippen LogP contribution in [0.15, 0.2) is 27.7 Å². The molecule has 132 valence electrons. The minimum absolute atomic E-state index is 0. The molecular weight excluding hydrogens is 425 g/mol. The average molecular weight is 447 g/mol. The Morgan fingerprint density at radius 1 is 1.42 bits per heavy atom. The van der Waals surface area contributed by atoms with Gasteiger partial charge in [0, 0.05) is 20.3 Å². The first-order chi connectivity index (χ1) is 11.0. The van der Waals surface area contributed by atoms with Crippen molar-refractivity contribution in [3.8, 4) is 0 Å². The number of guanidine groups is 1. The summed E-state index contributed by atoms with van der Waals surface area (Å²) in [5.41, 5.74) is 1.47. The number of hydrogen-bond donors (Lipinski definition) is 2. The van der Waals surface area contributed by atoms with Gasteiger partial charge in [-0.1, -0.05) is 0 Å². The van der Waals surface area contributed by atoms with Crippen molar-refractivity contribution in [1.82, 2.24) is 20.4 Å².